The third-order valence-electron chi connectivity index (χ3n) is 6.26. The molecule has 2 aromatic carbocycles. The van der Waals surface area contributed by atoms with Gasteiger partial charge in [-0.2, -0.15) is 0 Å². The second-order valence-electron chi connectivity index (χ2n) is 8.25. The van der Waals surface area contributed by atoms with Crippen LogP contribution in [-0.4, -0.2) is 40.6 Å². The van der Waals surface area contributed by atoms with Crippen molar-refractivity contribution in [2.75, 3.05) is 20.1 Å². The predicted octanol–water partition coefficient (Wildman–Crippen LogP) is 4.07. The van der Waals surface area contributed by atoms with Crippen LogP contribution < -0.4 is 11.1 Å². The number of phenols is 2. The molecule has 182 valence electrons. The van der Waals surface area contributed by atoms with Crippen molar-refractivity contribution in [1.29, 1.82) is 0 Å². The van der Waals surface area contributed by atoms with E-state index in [2.05, 4.69) is 5.32 Å². The number of hydrogen-bond acceptors (Lipinski definition) is 6. The average Bonchev–Trinajstić information content (AvgIpc) is 2.77. The van der Waals surface area contributed by atoms with Crippen LogP contribution >= 0.6 is 0 Å². The Kier molecular flexibility index (Phi) is 12.5. The van der Waals surface area contributed by atoms with Crippen molar-refractivity contribution in [3.63, 3.8) is 0 Å². The number of rotatable bonds is 9. The largest absolute Gasteiger partial charge is 0.508 e. The number of nitrogens with two attached hydrogens (primary N) is 1. The summed E-state index contributed by atoms with van der Waals surface area (Å²) < 4.78 is 0. The molecule has 0 aliphatic rings. The van der Waals surface area contributed by atoms with Crippen molar-refractivity contribution < 1.29 is 20.4 Å². The molecule has 0 aliphatic carbocycles. The summed E-state index contributed by atoms with van der Waals surface area (Å²) in [5.74, 6) is 0.415. The smallest absolute Gasteiger partial charge is 0.115 e. The summed E-state index contributed by atoms with van der Waals surface area (Å²) in [5, 5.41) is 43.1. The second-order valence-corrected chi connectivity index (χ2v) is 8.25. The summed E-state index contributed by atoms with van der Waals surface area (Å²) in [6, 6.07) is 13.6. The molecular formula is C26H44N2O4. The van der Waals surface area contributed by atoms with Gasteiger partial charge in [-0.3, -0.25) is 0 Å². The lowest BCUT2D eigenvalue weighted by Gasteiger charge is -2.34. The van der Waals surface area contributed by atoms with Crippen molar-refractivity contribution >= 4 is 0 Å². The molecular weight excluding hydrogens is 404 g/mol. The van der Waals surface area contributed by atoms with Crippen molar-refractivity contribution in [1.82, 2.24) is 5.32 Å². The highest BCUT2D eigenvalue weighted by Gasteiger charge is 2.34. The quantitative estimate of drug-likeness (QED) is 0.344. The molecule has 32 heavy (non-hydrogen) atoms. The van der Waals surface area contributed by atoms with Crippen LogP contribution in [0, 0.1) is 11.8 Å². The van der Waals surface area contributed by atoms with Crippen molar-refractivity contribution in [3.8, 4) is 11.5 Å². The topological polar surface area (TPSA) is 119 Å². The van der Waals surface area contributed by atoms with Gasteiger partial charge >= 0.3 is 0 Å². The predicted molar refractivity (Wildman–Crippen MR) is 133 cm³/mol. The van der Waals surface area contributed by atoms with Gasteiger partial charge in [0.2, 0.25) is 0 Å². The van der Waals surface area contributed by atoms with Crippen LogP contribution in [0.15, 0.2) is 48.5 Å². The van der Waals surface area contributed by atoms with Crippen molar-refractivity contribution in [3.05, 3.63) is 59.7 Å². The van der Waals surface area contributed by atoms with Crippen LogP contribution in [0.4, 0.5) is 0 Å². The fourth-order valence-electron chi connectivity index (χ4n) is 3.89. The second kappa shape index (κ2) is 13.4. The summed E-state index contributed by atoms with van der Waals surface area (Å²) in [6.07, 6.45) is 1.20. The van der Waals surface area contributed by atoms with E-state index in [1.165, 1.54) is 0 Å². The number of phenolic OH excluding ortho intramolecular Hbond substituents is 2. The molecule has 0 spiro atoms. The molecule has 0 bridgehead atoms. The zero-order valence-corrected chi connectivity index (χ0v) is 19.5. The third-order valence-corrected chi connectivity index (χ3v) is 6.26. The lowest BCUT2D eigenvalue weighted by Crippen LogP contribution is -2.38. The van der Waals surface area contributed by atoms with Gasteiger partial charge in [0.25, 0.3) is 0 Å². The molecule has 0 saturated heterocycles. The molecule has 4 atom stereocenters. The monoisotopic (exact) mass is 448 g/mol. The number of aliphatic hydroxyl groups is 2. The van der Waals surface area contributed by atoms with E-state index in [1.54, 1.807) is 36.4 Å². The minimum Gasteiger partial charge on any atom is -0.508 e. The number of nitrogens with one attached hydrogen (secondary N) is 1. The van der Waals surface area contributed by atoms with Gasteiger partial charge in [0, 0.05) is 18.4 Å². The van der Waals surface area contributed by atoms with E-state index in [0.717, 1.165) is 17.7 Å². The third kappa shape index (κ3) is 7.20. The molecule has 0 fully saturated rings. The standard InChI is InChI=1S/C13H21NO2.C12H19NO2.CH4/c1-4-13(16,10(2)9-14-3)11-6-5-7-12(15)8-11;1-3-12(15,9(2)8-13)10-5-4-6-11(14)7-10;/h5-8,10,14-16H,4,9H2,1-3H3;4-7,9,14-15H,3,8,13H2,1-2H3;1H4. The van der Waals surface area contributed by atoms with E-state index >= 15 is 0 Å². The molecule has 0 aliphatic heterocycles. The van der Waals surface area contributed by atoms with E-state index in [9.17, 15) is 20.4 Å². The Labute approximate surface area is 194 Å². The fraction of sp³-hybridized carbons (Fsp3) is 0.538. The first kappa shape index (κ1) is 29.9. The normalized spacial score (nSPS) is 16.4. The highest BCUT2D eigenvalue weighted by Crippen LogP contribution is 2.35. The summed E-state index contributed by atoms with van der Waals surface area (Å²) in [7, 11) is 1.87. The number of benzene rings is 2. The average molecular weight is 449 g/mol. The minimum absolute atomic E-state index is 0. The lowest BCUT2D eigenvalue weighted by atomic mass is 9.80. The molecule has 6 heteroatoms. The Balaban J connectivity index is 0.000000584. The summed E-state index contributed by atoms with van der Waals surface area (Å²) in [6.45, 7) is 8.93. The Hall–Kier alpha value is -2.12. The molecule has 2 rings (SSSR count). The minimum atomic E-state index is -0.951. The van der Waals surface area contributed by atoms with Gasteiger partial charge in [-0.05, 0) is 61.8 Å². The molecule has 0 saturated carbocycles. The summed E-state index contributed by atoms with van der Waals surface area (Å²) >= 11 is 0. The molecule has 7 N–H and O–H groups in total. The zero-order valence-electron chi connectivity index (χ0n) is 19.5. The first-order chi connectivity index (χ1) is 14.6. The molecule has 0 heterocycles. The van der Waals surface area contributed by atoms with Gasteiger partial charge in [0.05, 0.1) is 11.2 Å². The van der Waals surface area contributed by atoms with Crippen molar-refractivity contribution in [2.24, 2.45) is 17.6 Å². The van der Waals surface area contributed by atoms with Crippen LogP contribution in [0.2, 0.25) is 0 Å². The summed E-state index contributed by atoms with van der Waals surface area (Å²) in [4.78, 5) is 0. The Bertz CT molecular complexity index is 801. The van der Waals surface area contributed by atoms with Gasteiger partial charge < -0.3 is 31.5 Å². The summed E-state index contributed by atoms with van der Waals surface area (Å²) in [5.41, 5.74) is 5.25. The molecule has 2 aromatic rings. The Morgan fingerprint density at radius 1 is 0.844 bits per heavy atom. The maximum atomic E-state index is 10.7. The molecule has 6 nitrogen and oxygen atoms in total. The SMILES string of the molecule is C.CCC(O)(c1cccc(O)c1)C(C)CN.CCC(O)(c1cccc(O)c1)C(C)CNC. The van der Waals surface area contributed by atoms with Crippen LogP contribution in [-0.2, 0) is 11.2 Å². The lowest BCUT2D eigenvalue weighted by molar-refractivity contribution is -0.0201. The highest BCUT2D eigenvalue weighted by atomic mass is 16.3. The van der Waals surface area contributed by atoms with E-state index in [1.807, 2.05) is 46.9 Å². The molecule has 0 radical (unpaired) electrons. The zero-order chi connectivity index (χ0) is 23.7. The number of hydrogen-bond donors (Lipinski definition) is 6. The van der Waals surface area contributed by atoms with Crippen LogP contribution in [0.5, 0.6) is 11.5 Å². The van der Waals surface area contributed by atoms with Crippen LogP contribution in [0.1, 0.15) is 59.1 Å². The van der Waals surface area contributed by atoms with Gasteiger partial charge in [-0.15, -0.1) is 0 Å². The van der Waals surface area contributed by atoms with Crippen LogP contribution in [0.3, 0.4) is 0 Å². The first-order valence-electron chi connectivity index (χ1n) is 11.0. The van der Waals surface area contributed by atoms with E-state index < -0.39 is 11.2 Å². The van der Waals surface area contributed by atoms with Crippen LogP contribution in [0.25, 0.3) is 0 Å². The highest BCUT2D eigenvalue weighted by molar-refractivity contribution is 5.32. The Morgan fingerprint density at radius 2 is 1.25 bits per heavy atom. The molecule has 0 aromatic heterocycles. The van der Waals surface area contributed by atoms with Gasteiger partial charge in [0.15, 0.2) is 0 Å². The first-order valence-corrected chi connectivity index (χ1v) is 11.0. The maximum Gasteiger partial charge on any atom is 0.115 e. The van der Waals surface area contributed by atoms with E-state index in [-0.39, 0.29) is 30.8 Å². The maximum absolute atomic E-state index is 10.7. The molecule has 4 unspecified atom stereocenters. The van der Waals surface area contributed by atoms with Gasteiger partial charge in [-0.1, -0.05) is 59.4 Å². The molecule has 0 amide bonds. The van der Waals surface area contributed by atoms with E-state index in [0.29, 0.717) is 19.4 Å². The fourth-order valence-corrected chi connectivity index (χ4v) is 3.89. The Morgan fingerprint density at radius 3 is 1.56 bits per heavy atom. The van der Waals surface area contributed by atoms with Gasteiger partial charge in [0.1, 0.15) is 11.5 Å². The van der Waals surface area contributed by atoms with Gasteiger partial charge in [-0.25, -0.2) is 0 Å². The number of aromatic hydroxyl groups is 2. The van der Waals surface area contributed by atoms with Crippen molar-refractivity contribution in [2.45, 2.75) is 59.2 Å². The van der Waals surface area contributed by atoms with E-state index in [4.69, 9.17) is 5.73 Å².